The molecule has 3 rings (SSSR count). The van der Waals surface area contributed by atoms with E-state index in [0.29, 0.717) is 0 Å². The molecule has 0 radical (unpaired) electrons. The molecule has 2 N–H and O–H groups in total. The van der Waals surface area contributed by atoms with Crippen molar-refractivity contribution in [3.05, 3.63) is 54.0 Å². The number of nitrogens with two attached hydrogens (primary N) is 1. The first-order valence-electron chi connectivity index (χ1n) is 7.51. The summed E-state index contributed by atoms with van der Waals surface area (Å²) in [6.07, 6.45) is 7.20. The van der Waals surface area contributed by atoms with Crippen molar-refractivity contribution in [3.63, 3.8) is 0 Å². The molecule has 1 aromatic carbocycles. The lowest BCUT2D eigenvalue weighted by atomic mass is 10.1. The molecule has 0 saturated carbocycles. The number of para-hydroxylation sites is 1. The summed E-state index contributed by atoms with van der Waals surface area (Å²) in [7, 11) is 0. The Balaban J connectivity index is 1.97. The third-order valence-electron chi connectivity index (χ3n) is 3.78. The summed E-state index contributed by atoms with van der Waals surface area (Å²) in [5, 5.41) is 5.65. The van der Waals surface area contributed by atoms with Crippen LogP contribution in [0, 0.1) is 0 Å². The first-order valence-corrected chi connectivity index (χ1v) is 7.51. The molecule has 1 unspecified atom stereocenters. The fourth-order valence-electron chi connectivity index (χ4n) is 2.82. The molecule has 0 aliphatic rings. The number of fused-ring (bicyclic) bond motifs is 1. The summed E-state index contributed by atoms with van der Waals surface area (Å²) in [5.74, 6) is 0. The normalized spacial score (nSPS) is 12.9. The minimum Gasteiger partial charge on any atom is -0.343 e. The number of hydrogen-bond acceptors (Lipinski definition) is 2. The summed E-state index contributed by atoms with van der Waals surface area (Å²) in [6.45, 7) is 5.90. The van der Waals surface area contributed by atoms with Crippen LogP contribution in [0.1, 0.15) is 25.0 Å². The Morgan fingerprint density at radius 1 is 1.24 bits per heavy atom. The van der Waals surface area contributed by atoms with Gasteiger partial charge in [0.05, 0.1) is 12.7 Å². The predicted molar refractivity (Wildman–Crippen MR) is 86.3 cm³/mol. The maximum Gasteiger partial charge on any atom is 0.0539 e. The van der Waals surface area contributed by atoms with E-state index in [4.69, 9.17) is 5.73 Å². The molecular formula is C17H22N4. The maximum atomic E-state index is 5.98. The van der Waals surface area contributed by atoms with Gasteiger partial charge in [-0.3, -0.25) is 4.68 Å². The van der Waals surface area contributed by atoms with Gasteiger partial charge in [0.25, 0.3) is 0 Å². The van der Waals surface area contributed by atoms with Gasteiger partial charge in [-0.15, -0.1) is 0 Å². The molecule has 1 atom stereocenters. The number of rotatable bonds is 5. The van der Waals surface area contributed by atoms with E-state index in [1.165, 1.54) is 22.0 Å². The topological polar surface area (TPSA) is 48.8 Å². The van der Waals surface area contributed by atoms with Crippen molar-refractivity contribution in [2.24, 2.45) is 5.73 Å². The van der Waals surface area contributed by atoms with E-state index in [0.717, 1.165) is 19.5 Å². The average molecular weight is 282 g/mol. The van der Waals surface area contributed by atoms with Crippen molar-refractivity contribution < 1.29 is 0 Å². The molecule has 0 aliphatic carbocycles. The molecule has 0 bridgehead atoms. The minimum absolute atomic E-state index is 0.173. The molecule has 2 aromatic heterocycles. The van der Waals surface area contributed by atoms with Gasteiger partial charge in [0, 0.05) is 41.4 Å². The molecule has 0 fully saturated rings. The molecule has 0 saturated heterocycles. The van der Waals surface area contributed by atoms with Crippen LogP contribution in [0.5, 0.6) is 0 Å². The monoisotopic (exact) mass is 282 g/mol. The first-order chi connectivity index (χ1) is 10.2. The van der Waals surface area contributed by atoms with Crippen molar-refractivity contribution in [1.29, 1.82) is 0 Å². The zero-order valence-corrected chi connectivity index (χ0v) is 12.7. The van der Waals surface area contributed by atoms with Gasteiger partial charge in [-0.05, 0) is 31.9 Å². The lowest BCUT2D eigenvalue weighted by molar-refractivity contribution is 0.658. The van der Waals surface area contributed by atoms with Crippen LogP contribution >= 0.6 is 0 Å². The fourth-order valence-corrected chi connectivity index (χ4v) is 2.82. The van der Waals surface area contributed by atoms with Crippen LogP contribution < -0.4 is 5.73 Å². The third-order valence-corrected chi connectivity index (χ3v) is 3.78. The van der Waals surface area contributed by atoms with Crippen LogP contribution in [0.4, 0.5) is 0 Å². The van der Waals surface area contributed by atoms with Gasteiger partial charge >= 0.3 is 0 Å². The van der Waals surface area contributed by atoms with E-state index >= 15 is 0 Å². The Labute approximate surface area is 125 Å². The van der Waals surface area contributed by atoms with Crippen molar-refractivity contribution >= 4 is 10.9 Å². The van der Waals surface area contributed by atoms with E-state index in [9.17, 15) is 0 Å². The molecule has 21 heavy (non-hydrogen) atoms. The van der Waals surface area contributed by atoms with E-state index in [2.05, 4.69) is 60.2 Å². The van der Waals surface area contributed by atoms with Crippen molar-refractivity contribution in [1.82, 2.24) is 14.3 Å². The van der Waals surface area contributed by atoms with Gasteiger partial charge in [0.2, 0.25) is 0 Å². The lowest BCUT2D eigenvalue weighted by Crippen LogP contribution is -2.17. The summed E-state index contributed by atoms with van der Waals surface area (Å²) in [4.78, 5) is 0. The summed E-state index contributed by atoms with van der Waals surface area (Å²) >= 11 is 0. The molecule has 0 aliphatic heterocycles. The van der Waals surface area contributed by atoms with E-state index in [1.807, 2.05) is 10.9 Å². The number of hydrogen-bond donors (Lipinski definition) is 1. The largest absolute Gasteiger partial charge is 0.343 e. The molecule has 110 valence electrons. The molecule has 0 spiro atoms. The van der Waals surface area contributed by atoms with Crippen molar-refractivity contribution in [3.8, 4) is 0 Å². The SMILES string of the molecule is CCn1cc(Cn2cc(CC(C)N)c3ccccc32)cn1. The molecule has 2 heterocycles. The number of benzene rings is 1. The Hall–Kier alpha value is -2.07. The highest BCUT2D eigenvalue weighted by atomic mass is 15.3. The molecular weight excluding hydrogens is 260 g/mol. The summed E-state index contributed by atoms with van der Waals surface area (Å²) in [5.41, 5.74) is 9.79. The van der Waals surface area contributed by atoms with Crippen LogP contribution in [-0.4, -0.2) is 20.4 Å². The molecule has 0 amide bonds. The first kappa shape index (κ1) is 13.9. The van der Waals surface area contributed by atoms with Crippen LogP contribution in [0.25, 0.3) is 10.9 Å². The second-order valence-electron chi connectivity index (χ2n) is 5.69. The molecule has 3 aromatic rings. The second-order valence-corrected chi connectivity index (χ2v) is 5.69. The van der Waals surface area contributed by atoms with Gasteiger partial charge in [-0.25, -0.2) is 0 Å². The van der Waals surface area contributed by atoms with Crippen LogP contribution in [0.3, 0.4) is 0 Å². The van der Waals surface area contributed by atoms with Crippen LogP contribution in [0.2, 0.25) is 0 Å². The minimum atomic E-state index is 0.173. The second kappa shape index (κ2) is 5.74. The highest BCUT2D eigenvalue weighted by molar-refractivity contribution is 5.84. The predicted octanol–water partition coefficient (Wildman–Crippen LogP) is 2.80. The third kappa shape index (κ3) is 2.85. The van der Waals surface area contributed by atoms with Gasteiger partial charge in [-0.2, -0.15) is 5.10 Å². The van der Waals surface area contributed by atoms with Crippen molar-refractivity contribution in [2.75, 3.05) is 0 Å². The Kier molecular flexibility index (Phi) is 3.80. The van der Waals surface area contributed by atoms with Crippen LogP contribution in [0.15, 0.2) is 42.9 Å². The van der Waals surface area contributed by atoms with Gasteiger partial charge in [0.15, 0.2) is 0 Å². The van der Waals surface area contributed by atoms with E-state index in [-0.39, 0.29) is 6.04 Å². The van der Waals surface area contributed by atoms with Crippen molar-refractivity contribution in [2.45, 2.75) is 39.4 Å². The Bertz CT molecular complexity index is 736. The fraction of sp³-hybridized carbons (Fsp3) is 0.353. The Morgan fingerprint density at radius 2 is 2.05 bits per heavy atom. The average Bonchev–Trinajstić information content (AvgIpc) is 3.05. The Morgan fingerprint density at radius 3 is 2.76 bits per heavy atom. The molecule has 4 heteroatoms. The van der Waals surface area contributed by atoms with Gasteiger partial charge in [0.1, 0.15) is 0 Å². The highest BCUT2D eigenvalue weighted by Crippen LogP contribution is 2.23. The quantitative estimate of drug-likeness (QED) is 0.782. The zero-order valence-electron chi connectivity index (χ0n) is 12.7. The van der Waals surface area contributed by atoms with E-state index in [1.54, 1.807) is 0 Å². The number of aryl methyl sites for hydroxylation is 1. The van der Waals surface area contributed by atoms with Gasteiger partial charge < -0.3 is 10.3 Å². The lowest BCUT2D eigenvalue weighted by Gasteiger charge is -2.03. The summed E-state index contributed by atoms with van der Waals surface area (Å²) < 4.78 is 4.26. The maximum absolute atomic E-state index is 5.98. The number of nitrogens with zero attached hydrogens (tertiary/aromatic N) is 3. The smallest absolute Gasteiger partial charge is 0.0539 e. The zero-order chi connectivity index (χ0) is 14.8. The number of aromatic nitrogens is 3. The van der Waals surface area contributed by atoms with Gasteiger partial charge in [-0.1, -0.05) is 18.2 Å². The van der Waals surface area contributed by atoms with Crippen LogP contribution in [-0.2, 0) is 19.5 Å². The highest BCUT2D eigenvalue weighted by Gasteiger charge is 2.10. The molecule has 4 nitrogen and oxygen atoms in total. The standard InChI is InChI=1S/C17H22N4/c1-3-21-11-14(9-19-21)10-20-12-15(8-13(2)18)16-6-4-5-7-17(16)20/h4-7,9,11-13H,3,8,10,18H2,1-2H3. The van der Waals surface area contributed by atoms with E-state index < -0.39 is 0 Å². The summed E-state index contributed by atoms with van der Waals surface area (Å²) in [6, 6.07) is 8.70.